The Labute approximate surface area is 228 Å². The van der Waals surface area contributed by atoms with Gasteiger partial charge in [-0.05, 0) is 74.6 Å². The van der Waals surface area contributed by atoms with E-state index in [2.05, 4.69) is 66.0 Å². The Balaban J connectivity index is 1.43. The van der Waals surface area contributed by atoms with Crippen LogP contribution in [0.15, 0.2) is 36.4 Å². The van der Waals surface area contributed by atoms with Gasteiger partial charge in [0.25, 0.3) is 0 Å². The van der Waals surface area contributed by atoms with E-state index in [-0.39, 0.29) is 35.2 Å². The molecule has 2 aliphatic rings. The van der Waals surface area contributed by atoms with E-state index in [9.17, 15) is 9.59 Å². The average Bonchev–Trinajstić information content (AvgIpc) is 2.81. The predicted molar refractivity (Wildman–Crippen MR) is 153 cm³/mol. The molecular formula is C32H46N2O4. The Kier molecular flexibility index (Phi) is 8.25. The van der Waals surface area contributed by atoms with E-state index >= 15 is 0 Å². The first-order valence-corrected chi connectivity index (χ1v) is 14.2. The standard InChI is InChI=1S/C32H46N2O4/c1-19(2)27-15-25(17-31(5,6)33-27)37-29(35)23-11-9-22-14-24(12-10-21(22)13-23)30(36)38-26-16-28(20(3)4)34-32(7,8)18-26/h9-14,19-20,25-28,33-34H,15-18H2,1-8H3. The summed E-state index contributed by atoms with van der Waals surface area (Å²) >= 11 is 0. The van der Waals surface area contributed by atoms with E-state index in [1.165, 1.54) is 0 Å². The number of piperidine rings is 2. The molecule has 38 heavy (non-hydrogen) atoms. The molecule has 0 saturated carbocycles. The summed E-state index contributed by atoms with van der Waals surface area (Å²) in [6.07, 6.45) is 2.97. The molecule has 0 aromatic heterocycles. The van der Waals surface area contributed by atoms with Gasteiger partial charge in [0.2, 0.25) is 0 Å². The Hall–Kier alpha value is -2.44. The summed E-state index contributed by atoms with van der Waals surface area (Å²) in [4.78, 5) is 26.1. The van der Waals surface area contributed by atoms with Crippen molar-refractivity contribution in [2.45, 2.75) is 116 Å². The van der Waals surface area contributed by atoms with Gasteiger partial charge in [-0.25, -0.2) is 9.59 Å². The van der Waals surface area contributed by atoms with Gasteiger partial charge in [-0.3, -0.25) is 0 Å². The van der Waals surface area contributed by atoms with Crippen molar-refractivity contribution in [3.8, 4) is 0 Å². The number of hydrogen-bond donors (Lipinski definition) is 2. The number of benzene rings is 2. The number of fused-ring (bicyclic) bond motifs is 1. The second kappa shape index (κ2) is 11.0. The summed E-state index contributed by atoms with van der Waals surface area (Å²) in [6, 6.07) is 11.7. The van der Waals surface area contributed by atoms with Crippen LogP contribution in [0.3, 0.4) is 0 Å². The summed E-state index contributed by atoms with van der Waals surface area (Å²) in [5, 5.41) is 9.14. The number of esters is 2. The average molecular weight is 523 g/mol. The minimum absolute atomic E-state index is 0.0773. The van der Waals surface area contributed by atoms with Gasteiger partial charge in [0.05, 0.1) is 11.1 Å². The number of rotatable bonds is 6. The molecule has 4 rings (SSSR count). The van der Waals surface area contributed by atoms with Crippen molar-refractivity contribution in [3.63, 3.8) is 0 Å². The molecule has 208 valence electrons. The summed E-state index contributed by atoms with van der Waals surface area (Å²) in [5.74, 6) is 0.341. The molecule has 6 heteroatoms. The highest BCUT2D eigenvalue weighted by Crippen LogP contribution is 2.30. The lowest BCUT2D eigenvalue weighted by Crippen LogP contribution is -2.56. The third kappa shape index (κ3) is 6.95. The largest absolute Gasteiger partial charge is 0.459 e. The summed E-state index contributed by atoms with van der Waals surface area (Å²) in [7, 11) is 0. The van der Waals surface area contributed by atoms with E-state index in [0.29, 0.717) is 35.0 Å². The van der Waals surface area contributed by atoms with Gasteiger partial charge in [-0.1, -0.05) is 39.8 Å². The monoisotopic (exact) mass is 522 g/mol. The fourth-order valence-electron chi connectivity index (χ4n) is 6.11. The van der Waals surface area contributed by atoms with Crippen LogP contribution >= 0.6 is 0 Å². The summed E-state index contributed by atoms with van der Waals surface area (Å²) in [5.41, 5.74) is 0.905. The molecule has 0 spiro atoms. The van der Waals surface area contributed by atoms with Gasteiger partial charge >= 0.3 is 11.9 Å². The lowest BCUT2D eigenvalue weighted by molar-refractivity contribution is -0.000687. The van der Waals surface area contributed by atoms with Gasteiger partial charge in [0.1, 0.15) is 12.2 Å². The zero-order chi connectivity index (χ0) is 27.8. The Morgan fingerprint density at radius 2 is 1.08 bits per heavy atom. The lowest BCUT2D eigenvalue weighted by atomic mass is 9.83. The second-order valence-corrected chi connectivity index (χ2v) is 13.5. The molecule has 2 saturated heterocycles. The number of carbonyl (C=O) groups is 2. The topological polar surface area (TPSA) is 76.7 Å². The van der Waals surface area contributed by atoms with Gasteiger partial charge in [0, 0.05) is 48.8 Å². The molecule has 2 heterocycles. The first-order valence-electron chi connectivity index (χ1n) is 14.2. The molecular weight excluding hydrogens is 476 g/mol. The molecule has 0 amide bonds. The quantitative estimate of drug-likeness (QED) is 0.436. The van der Waals surface area contributed by atoms with Crippen molar-refractivity contribution < 1.29 is 19.1 Å². The highest BCUT2D eigenvalue weighted by Gasteiger charge is 2.37. The van der Waals surface area contributed by atoms with Crippen LogP contribution in [0.2, 0.25) is 0 Å². The van der Waals surface area contributed by atoms with Crippen molar-refractivity contribution >= 4 is 22.7 Å². The first kappa shape index (κ1) is 28.6. The molecule has 2 aromatic rings. The third-order valence-corrected chi connectivity index (χ3v) is 8.13. The molecule has 2 N–H and O–H groups in total. The van der Waals surface area contributed by atoms with Crippen LogP contribution in [0, 0.1) is 11.8 Å². The highest BCUT2D eigenvalue weighted by molar-refractivity contribution is 5.99. The first-order chi connectivity index (χ1) is 17.7. The zero-order valence-corrected chi connectivity index (χ0v) is 24.4. The highest BCUT2D eigenvalue weighted by atomic mass is 16.5. The molecule has 6 nitrogen and oxygen atoms in total. The van der Waals surface area contributed by atoms with Crippen molar-refractivity contribution in [1.82, 2.24) is 10.6 Å². The van der Waals surface area contributed by atoms with Gasteiger partial charge in [-0.2, -0.15) is 0 Å². The molecule has 2 aromatic carbocycles. The smallest absolute Gasteiger partial charge is 0.338 e. The van der Waals surface area contributed by atoms with Crippen LogP contribution in [0.25, 0.3) is 10.8 Å². The number of ether oxygens (including phenoxy) is 2. The number of nitrogens with one attached hydrogen (secondary N) is 2. The zero-order valence-electron chi connectivity index (χ0n) is 24.4. The van der Waals surface area contributed by atoms with Crippen molar-refractivity contribution in [1.29, 1.82) is 0 Å². The van der Waals surface area contributed by atoms with Gasteiger partial charge in [0.15, 0.2) is 0 Å². The molecule has 4 unspecified atom stereocenters. The van der Waals surface area contributed by atoms with Crippen LogP contribution in [0.1, 0.15) is 102 Å². The third-order valence-electron chi connectivity index (χ3n) is 8.13. The van der Waals surface area contributed by atoms with Gasteiger partial charge < -0.3 is 20.1 Å². The SMILES string of the molecule is CC(C)C1CC(OC(=O)c2ccc3cc(C(=O)OC4CC(C(C)C)NC(C)(C)C4)ccc3c2)CC(C)(C)N1. The fraction of sp³-hybridized carbons (Fsp3) is 0.625. The van der Waals surface area contributed by atoms with E-state index in [1.54, 1.807) is 12.1 Å². The van der Waals surface area contributed by atoms with E-state index in [4.69, 9.17) is 9.47 Å². The minimum Gasteiger partial charge on any atom is -0.459 e. The minimum atomic E-state index is -0.297. The van der Waals surface area contributed by atoms with Crippen LogP contribution in [0.4, 0.5) is 0 Å². The van der Waals surface area contributed by atoms with Crippen LogP contribution in [-0.4, -0.2) is 47.3 Å². The Bertz CT molecular complexity index is 1080. The normalized spacial score (nSPS) is 26.9. The molecule has 0 aliphatic carbocycles. The molecule has 0 bridgehead atoms. The lowest BCUT2D eigenvalue weighted by Gasteiger charge is -2.42. The van der Waals surface area contributed by atoms with Crippen LogP contribution < -0.4 is 10.6 Å². The molecule has 2 aliphatic heterocycles. The maximum atomic E-state index is 13.0. The van der Waals surface area contributed by atoms with Crippen molar-refractivity contribution in [3.05, 3.63) is 47.5 Å². The predicted octanol–water partition coefficient (Wildman–Crippen LogP) is 6.26. The van der Waals surface area contributed by atoms with Crippen molar-refractivity contribution in [2.75, 3.05) is 0 Å². The Morgan fingerprint density at radius 3 is 1.42 bits per heavy atom. The molecule has 0 radical (unpaired) electrons. The Morgan fingerprint density at radius 1 is 0.711 bits per heavy atom. The number of hydrogen-bond acceptors (Lipinski definition) is 6. The maximum Gasteiger partial charge on any atom is 0.338 e. The van der Waals surface area contributed by atoms with E-state index in [1.807, 2.05) is 24.3 Å². The van der Waals surface area contributed by atoms with Crippen molar-refractivity contribution in [2.24, 2.45) is 11.8 Å². The van der Waals surface area contributed by atoms with Crippen LogP contribution in [-0.2, 0) is 9.47 Å². The molecule has 4 atom stereocenters. The van der Waals surface area contributed by atoms with E-state index < -0.39 is 0 Å². The van der Waals surface area contributed by atoms with E-state index in [0.717, 1.165) is 36.5 Å². The fourth-order valence-corrected chi connectivity index (χ4v) is 6.11. The second-order valence-electron chi connectivity index (χ2n) is 13.5. The number of carbonyl (C=O) groups excluding carboxylic acids is 2. The summed E-state index contributed by atoms with van der Waals surface area (Å²) in [6.45, 7) is 17.4. The summed E-state index contributed by atoms with van der Waals surface area (Å²) < 4.78 is 11.9. The maximum absolute atomic E-state index is 13.0. The van der Waals surface area contributed by atoms with Gasteiger partial charge in [-0.15, -0.1) is 0 Å². The molecule has 2 fully saturated rings. The van der Waals surface area contributed by atoms with Crippen LogP contribution in [0.5, 0.6) is 0 Å².